The van der Waals surface area contributed by atoms with E-state index in [2.05, 4.69) is 16.5 Å². The lowest BCUT2D eigenvalue weighted by Gasteiger charge is -2.34. The van der Waals surface area contributed by atoms with Gasteiger partial charge in [0.1, 0.15) is 5.82 Å². The molecule has 0 aliphatic carbocycles. The molecule has 2 aromatic carbocycles. The summed E-state index contributed by atoms with van der Waals surface area (Å²) in [6.07, 6.45) is 3.49. The second-order valence-corrected chi connectivity index (χ2v) is 7.22. The van der Waals surface area contributed by atoms with Gasteiger partial charge in [0.25, 0.3) is 0 Å². The minimum Gasteiger partial charge on any atom is -0.336 e. The molecule has 1 amide bonds. The number of nitrogens with zero attached hydrogens (tertiary/aromatic N) is 4. The Kier molecular flexibility index (Phi) is 5.53. The summed E-state index contributed by atoms with van der Waals surface area (Å²) >= 11 is 0. The molecule has 0 atom stereocenters. The number of benzene rings is 2. The standard InChI is InChI=1S/C23H23FN4O/c1-18(20-7-9-21(24)10-8-20)28-17-25-13-22(28)15-26-11-12-27(23(29)16-26)14-19-5-3-2-4-6-19/h2-10,13,17H,1,11-12,14-16H2. The van der Waals surface area contributed by atoms with Gasteiger partial charge in [-0.1, -0.05) is 36.9 Å². The maximum atomic E-state index is 13.2. The van der Waals surface area contributed by atoms with E-state index in [4.69, 9.17) is 0 Å². The quantitative estimate of drug-likeness (QED) is 0.648. The molecule has 1 aliphatic rings. The van der Waals surface area contributed by atoms with E-state index in [9.17, 15) is 9.18 Å². The van der Waals surface area contributed by atoms with Crippen molar-refractivity contribution in [2.24, 2.45) is 0 Å². The molecule has 0 radical (unpaired) electrons. The lowest BCUT2D eigenvalue weighted by atomic mass is 10.1. The Hall–Kier alpha value is -3.25. The molecule has 1 aromatic heterocycles. The van der Waals surface area contributed by atoms with Gasteiger partial charge in [-0.25, -0.2) is 9.37 Å². The monoisotopic (exact) mass is 390 g/mol. The van der Waals surface area contributed by atoms with Crippen LogP contribution in [0.2, 0.25) is 0 Å². The minimum atomic E-state index is -0.278. The van der Waals surface area contributed by atoms with E-state index in [1.165, 1.54) is 12.1 Å². The molecule has 2 heterocycles. The summed E-state index contributed by atoms with van der Waals surface area (Å²) in [5.41, 5.74) is 3.65. The molecule has 148 valence electrons. The van der Waals surface area contributed by atoms with Gasteiger partial charge in [-0.3, -0.25) is 9.69 Å². The van der Waals surface area contributed by atoms with Crippen LogP contribution in [0.4, 0.5) is 4.39 Å². The van der Waals surface area contributed by atoms with E-state index in [-0.39, 0.29) is 11.7 Å². The predicted octanol–water partition coefficient (Wildman–Crippen LogP) is 3.39. The molecule has 5 nitrogen and oxygen atoms in total. The largest absolute Gasteiger partial charge is 0.336 e. The van der Waals surface area contributed by atoms with Crippen molar-refractivity contribution in [2.75, 3.05) is 19.6 Å². The van der Waals surface area contributed by atoms with Crippen molar-refractivity contribution in [3.63, 3.8) is 0 Å². The zero-order chi connectivity index (χ0) is 20.2. The van der Waals surface area contributed by atoms with Gasteiger partial charge in [0.15, 0.2) is 0 Å². The molecule has 3 aromatic rings. The second-order valence-electron chi connectivity index (χ2n) is 7.22. The molecule has 0 N–H and O–H groups in total. The van der Waals surface area contributed by atoms with E-state index in [1.807, 2.05) is 39.8 Å². The summed E-state index contributed by atoms with van der Waals surface area (Å²) in [6, 6.07) is 16.3. The summed E-state index contributed by atoms with van der Waals surface area (Å²) in [6.45, 7) is 7.25. The molecule has 0 spiro atoms. The van der Waals surface area contributed by atoms with Crippen LogP contribution in [-0.2, 0) is 17.9 Å². The maximum absolute atomic E-state index is 13.2. The number of hydrogen-bond donors (Lipinski definition) is 0. The van der Waals surface area contributed by atoms with E-state index in [0.29, 0.717) is 26.2 Å². The van der Waals surface area contributed by atoms with Gasteiger partial charge in [-0.05, 0) is 35.4 Å². The highest BCUT2D eigenvalue weighted by molar-refractivity contribution is 5.79. The summed E-state index contributed by atoms with van der Waals surface area (Å²) in [5.74, 6) is -0.150. The first-order valence-corrected chi connectivity index (χ1v) is 9.60. The lowest BCUT2D eigenvalue weighted by Crippen LogP contribution is -2.49. The van der Waals surface area contributed by atoms with Crippen LogP contribution in [0.1, 0.15) is 16.8 Å². The molecule has 6 heteroatoms. The molecular weight excluding hydrogens is 367 g/mol. The molecule has 0 bridgehead atoms. The molecule has 1 fully saturated rings. The number of carbonyl (C=O) groups is 1. The second kappa shape index (κ2) is 8.41. The van der Waals surface area contributed by atoms with Gasteiger partial charge in [-0.15, -0.1) is 0 Å². The summed E-state index contributed by atoms with van der Waals surface area (Å²) < 4.78 is 15.1. The minimum absolute atomic E-state index is 0.128. The van der Waals surface area contributed by atoms with E-state index < -0.39 is 0 Å². The Labute approximate surface area is 169 Å². The van der Waals surface area contributed by atoms with Crippen LogP contribution in [0, 0.1) is 5.82 Å². The molecular formula is C23H23FN4O. The van der Waals surface area contributed by atoms with E-state index >= 15 is 0 Å². The first kappa shape index (κ1) is 19.1. The third-order valence-corrected chi connectivity index (χ3v) is 5.18. The van der Waals surface area contributed by atoms with Gasteiger partial charge in [0.05, 0.1) is 18.6 Å². The number of amides is 1. The first-order valence-electron chi connectivity index (χ1n) is 9.60. The number of aromatic nitrogens is 2. The van der Waals surface area contributed by atoms with E-state index in [1.54, 1.807) is 24.7 Å². The van der Waals surface area contributed by atoms with Crippen LogP contribution < -0.4 is 0 Å². The van der Waals surface area contributed by atoms with Gasteiger partial charge in [0, 0.05) is 38.1 Å². The van der Waals surface area contributed by atoms with Crippen molar-refractivity contribution in [3.05, 3.63) is 96.3 Å². The van der Waals surface area contributed by atoms with Gasteiger partial charge >= 0.3 is 0 Å². The third kappa shape index (κ3) is 4.43. The third-order valence-electron chi connectivity index (χ3n) is 5.18. The Morgan fingerprint density at radius 1 is 1.03 bits per heavy atom. The van der Waals surface area contributed by atoms with Crippen molar-refractivity contribution in [1.29, 1.82) is 0 Å². The fraction of sp³-hybridized carbons (Fsp3) is 0.217. The average Bonchev–Trinajstić information content (AvgIpc) is 3.19. The fourth-order valence-corrected chi connectivity index (χ4v) is 3.56. The molecule has 0 unspecified atom stereocenters. The highest BCUT2D eigenvalue weighted by Gasteiger charge is 2.24. The van der Waals surface area contributed by atoms with E-state index in [0.717, 1.165) is 29.1 Å². The smallest absolute Gasteiger partial charge is 0.237 e. The van der Waals surface area contributed by atoms with Crippen molar-refractivity contribution >= 4 is 11.6 Å². The fourth-order valence-electron chi connectivity index (χ4n) is 3.56. The van der Waals surface area contributed by atoms with Crippen molar-refractivity contribution in [1.82, 2.24) is 19.4 Å². The normalized spacial score (nSPS) is 14.9. The number of halogens is 1. The number of imidazole rings is 1. The van der Waals surface area contributed by atoms with Crippen molar-refractivity contribution < 1.29 is 9.18 Å². The zero-order valence-electron chi connectivity index (χ0n) is 16.2. The van der Waals surface area contributed by atoms with Gasteiger partial charge in [-0.2, -0.15) is 0 Å². The maximum Gasteiger partial charge on any atom is 0.237 e. The highest BCUT2D eigenvalue weighted by Crippen LogP contribution is 2.19. The molecule has 29 heavy (non-hydrogen) atoms. The summed E-state index contributed by atoms with van der Waals surface area (Å²) in [5, 5.41) is 0. The van der Waals surface area contributed by atoms with Crippen molar-refractivity contribution in [2.45, 2.75) is 13.1 Å². The number of rotatable bonds is 6. The Morgan fingerprint density at radius 3 is 2.52 bits per heavy atom. The van der Waals surface area contributed by atoms with Crippen LogP contribution in [0.5, 0.6) is 0 Å². The Morgan fingerprint density at radius 2 is 1.79 bits per heavy atom. The van der Waals surface area contributed by atoms with Gasteiger partial charge < -0.3 is 9.47 Å². The number of piperazine rings is 1. The molecule has 1 saturated heterocycles. The molecule has 0 saturated carbocycles. The van der Waals surface area contributed by atoms with Crippen LogP contribution in [0.25, 0.3) is 5.70 Å². The van der Waals surface area contributed by atoms with Crippen LogP contribution in [0.3, 0.4) is 0 Å². The first-order chi connectivity index (χ1) is 14.1. The number of carbonyl (C=O) groups excluding carboxylic acids is 1. The Balaban J connectivity index is 1.40. The summed E-state index contributed by atoms with van der Waals surface area (Å²) in [7, 11) is 0. The topological polar surface area (TPSA) is 41.4 Å². The van der Waals surface area contributed by atoms with Crippen LogP contribution in [0.15, 0.2) is 73.7 Å². The van der Waals surface area contributed by atoms with Gasteiger partial charge in [0.2, 0.25) is 5.91 Å². The SMILES string of the molecule is C=C(c1ccc(F)cc1)n1cncc1CN1CCN(Cc2ccccc2)C(=O)C1. The van der Waals surface area contributed by atoms with Crippen LogP contribution in [-0.4, -0.2) is 44.9 Å². The molecule has 1 aliphatic heterocycles. The predicted molar refractivity (Wildman–Crippen MR) is 110 cm³/mol. The Bertz CT molecular complexity index is 997. The lowest BCUT2D eigenvalue weighted by molar-refractivity contribution is -0.136. The van der Waals surface area contributed by atoms with Crippen LogP contribution >= 0.6 is 0 Å². The zero-order valence-corrected chi connectivity index (χ0v) is 16.2. The highest BCUT2D eigenvalue weighted by atomic mass is 19.1. The average molecular weight is 390 g/mol. The summed E-state index contributed by atoms with van der Waals surface area (Å²) in [4.78, 5) is 20.9. The molecule has 4 rings (SSSR count). The number of hydrogen-bond acceptors (Lipinski definition) is 3. The van der Waals surface area contributed by atoms with Crippen molar-refractivity contribution in [3.8, 4) is 0 Å².